The number of carbonyl (C=O) groups excluding carboxylic acids is 1. The van der Waals surface area contributed by atoms with E-state index < -0.39 is 5.97 Å². The van der Waals surface area contributed by atoms with Crippen molar-refractivity contribution in [3.63, 3.8) is 0 Å². The predicted octanol–water partition coefficient (Wildman–Crippen LogP) is 2.35. The topological polar surface area (TPSA) is 54.4 Å². The van der Waals surface area contributed by atoms with Gasteiger partial charge < -0.3 is 5.11 Å². The number of hydrogen-bond donors (Lipinski definition) is 1. The van der Waals surface area contributed by atoms with Crippen LogP contribution in [0.15, 0.2) is 18.2 Å². The van der Waals surface area contributed by atoms with Gasteiger partial charge in [0.15, 0.2) is 5.78 Å². The Morgan fingerprint density at radius 1 is 1.13 bits per heavy atom. The molecule has 0 fully saturated rings. The summed E-state index contributed by atoms with van der Waals surface area (Å²) in [5.74, 6) is -1.05. The average Bonchev–Trinajstić information content (AvgIpc) is 2.18. The second-order valence-corrected chi connectivity index (χ2v) is 3.62. The second kappa shape index (κ2) is 4.73. The maximum Gasteiger partial charge on any atom is 0.303 e. The van der Waals surface area contributed by atoms with Crippen molar-refractivity contribution in [3.8, 4) is 0 Å². The molecule has 1 aromatic carbocycles. The second-order valence-electron chi connectivity index (χ2n) is 3.62. The summed E-state index contributed by atoms with van der Waals surface area (Å²) in [6.45, 7) is 3.91. The van der Waals surface area contributed by atoms with Gasteiger partial charge in [0.25, 0.3) is 0 Å². The number of benzene rings is 1. The fourth-order valence-electron chi connectivity index (χ4n) is 1.28. The van der Waals surface area contributed by atoms with E-state index in [1.165, 1.54) is 0 Å². The van der Waals surface area contributed by atoms with E-state index in [2.05, 4.69) is 0 Å². The Balaban J connectivity index is 2.74. The van der Waals surface area contributed by atoms with Crippen molar-refractivity contribution in [3.05, 3.63) is 34.9 Å². The maximum absolute atomic E-state index is 11.5. The molecule has 0 amide bonds. The molecule has 0 heterocycles. The van der Waals surface area contributed by atoms with Crippen molar-refractivity contribution in [2.75, 3.05) is 0 Å². The summed E-state index contributed by atoms with van der Waals surface area (Å²) >= 11 is 0. The Kier molecular flexibility index (Phi) is 3.61. The number of ketones is 1. The molecule has 1 aromatic rings. The first-order valence-electron chi connectivity index (χ1n) is 4.83. The van der Waals surface area contributed by atoms with Gasteiger partial charge in [-0.3, -0.25) is 9.59 Å². The molecule has 1 N–H and O–H groups in total. The quantitative estimate of drug-likeness (QED) is 0.769. The molecule has 0 aliphatic heterocycles. The largest absolute Gasteiger partial charge is 0.481 e. The molecule has 0 bridgehead atoms. The van der Waals surface area contributed by atoms with Crippen molar-refractivity contribution < 1.29 is 14.7 Å². The summed E-state index contributed by atoms with van der Waals surface area (Å²) in [5, 5.41) is 8.46. The van der Waals surface area contributed by atoms with Gasteiger partial charge in [0.2, 0.25) is 0 Å². The molecular weight excluding hydrogens is 192 g/mol. The lowest BCUT2D eigenvalue weighted by Gasteiger charge is -2.03. The third-order valence-electron chi connectivity index (χ3n) is 2.39. The lowest BCUT2D eigenvalue weighted by molar-refractivity contribution is -0.136. The Morgan fingerprint density at radius 3 is 2.33 bits per heavy atom. The summed E-state index contributed by atoms with van der Waals surface area (Å²) in [6, 6.07) is 5.43. The van der Waals surface area contributed by atoms with E-state index >= 15 is 0 Å². The molecule has 15 heavy (non-hydrogen) atoms. The van der Waals surface area contributed by atoms with Crippen LogP contribution in [0.2, 0.25) is 0 Å². The van der Waals surface area contributed by atoms with Gasteiger partial charge in [-0.2, -0.15) is 0 Å². The molecule has 80 valence electrons. The molecule has 0 saturated heterocycles. The Morgan fingerprint density at radius 2 is 1.80 bits per heavy atom. The molecule has 3 nitrogen and oxygen atoms in total. The van der Waals surface area contributed by atoms with Crippen LogP contribution in [-0.2, 0) is 4.79 Å². The molecule has 0 unspecified atom stereocenters. The number of aliphatic carboxylic acids is 1. The molecule has 0 aliphatic rings. The molecule has 0 spiro atoms. The minimum atomic E-state index is -0.938. The van der Waals surface area contributed by atoms with E-state index in [1.54, 1.807) is 12.1 Å². The minimum absolute atomic E-state index is 0.0673. The van der Waals surface area contributed by atoms with Crippen molar-refractivity contribution in [2.24, 2.45) is 0 Å². The van der Waals surface area contributed by atoms with Crippen molar-refractivity contribution in [2.45, 2.75) is 26.7 Å². The Hall–Kier alpha value is -1.64. The Labute approximate surface area is 88.7 Å². The molecular formula is C12H14O3. The van der Waals surface area contributed by atoms with E-state index in [9.17, 15) is 9.59 Å². The van der Waals surface area contributed by atoms with Crippen LogP contribution in [0, 0.1) is 13.8 Å². The average molecular weight is 206 g/mol. The van der Waals surface area contributed by atoms with Gasteiger partial charge in [0, 0.05) is 12.0 Å². The molecule has 0 radical (unpaired) electrons. The van der Waals surface area contributed by atoms with Crippen LogP contribution in [0.4, 0.5) is 0 Å². The van der Waals surface area contributed by atoms with Crippen molar-refractivity contribution in [1.29, 1.82) is 0 Å². The van der Waals surface area contributed by atoms with Gasteiger partial charge in [-0.1, -0.05) is 12.1 Å². The normalized spacial score (nSPS) is 10.0. The van der Waals surface area contributed by atoms with Crippen LogP contribution >= 0.6 is 0 Å². The van der Waals surface area contributed by atoms with Gasteiger partial charge >= 0.3 is 5.97 Å². The number of carboxylic acids is 1. The fraction of sp³-hybridized carbons (Fsp3) is 0.333. The third-order valence-corrected chi connectivity index (χ3v) is 2.39. The lowest BCUT2D eigenvalue weighted by Crippen LogP contribution is -2.04. The highest BCUT2D eigenvalue weighted by Crippen LogP contribution is 2.12. The summed E-state index contributed by atoms with van der Waals surface area (Å²) in [7, 11) is 0. The van der Waals surface area contributed by atoms with Crippen LogP contribution in [0.3, 0.4) is 0 Å². The molecule has 0 aromatic heterocycles. The van der Waals surface area contributed by atoms with Gasteiger partial charge in [0.05, 0.1) is 6.42 Å². The number of carbonyl (C=O) groups is 2. The molecule has 3 heteroatoms. The molecule has 0 saturated carbocycles. The first-order chi connectivity index (χ1) is 7.00. The zero-order valence-corrected chi connectivity index (χ0v) is 8.91. The van der Waals surface area contributed by atoms with Gasteiger partial charge in [0.1, 0.15) is 0 Å². The van der Waals surface area contributed by atoms with Crippen molar-refractivity contribution in [1.82, 2.24) is 0 Å². The smallest absolute Gasteiger partial charge is 0.303 e. The summed E-state index contributed by atoms with van der Waals surface area (Å²) in [4.78, 5) is 21.9. The number of aryl methyl sites for hydroxylation is 2. The number of hydrogen-bond acceptors (Lipinski definition) is 2. The highest BCUT2D eigenvalue weighted by Gasteiger charge is 2.08. The molecule has 0 aliphatic carbocycles. The molecule has 1 rings (SSSR count). The summed E-state index contributed by atoms with van der Waals surface area (Å²) in [6.07, 6.45) is -0.0381. The summed E-state index contributed by atoms with van der Waals surface area (Å²) < 4.78 is 0. The lowest BCUT2D eigenvalue weighted by atomic mass is 10.0. The third kappa shape index (κ3) is 3.20. The van der Waals surface area contributed by atoms with Crippen LogP contribution in [0.5, 0.6) is 0 Å². The molecule has 0 atom stereocenters. The maximum atomic E-state index is 11.5. The number of Topliss-reactive ketones (excluding diaryl/α,β-unsaturated/α-hetero) is 1. The first-order valence-corrected chi connectivity index (χ1v) is 4.83. The van der Waals surface area contributed by atoms with Crippen LogP contribution in [-0.4, -0.2) is 16.9 Å². The van der Waals surface area contributed by atoms with Gasteiger partial charge in [-0.15, -0.1) is 0 Å². The van der Waals surface area contributed by atoms with E-state index in [1.807, 2.05) is 19.9 Å². The van der Waals surface area contributed by atoms with Crippen LogP contribution in [0.1, 0.15) is 34.3 Å². The number of carboxylic acid groups (broad SMARTS) is 1. The minimum Gasteiger partial charge on any atom is -0.481 e. The monoisotopic (exact) mass is 206 g/mol. The highest BCUT2D eigenvalue weighted by molar-refractivity contribution is 5.97. The summed E-state index contributed by atoms with van der Waals surface area (Å²) in [5.41, 5.74) is 2.78. The first kappa shape index (κ1) is 11.4. The standard InChI is InChI=1S/C12H14O3/c1-8-3-4-10(7-9(8)2)11(13)5-6-12(14)15/h3-4,7H,5-6H2,1-2H3,(H,14,15). The zero-order chi connectivity index (χ0) is 11.4. The predicted molar refractivity (Wildman–Crippen MR) is 57.1 cm³/mol. The van der Waals surface area contributed by atoms with Gasteiger partial charge in [-0.25, -0.2) is 0 Å². The highest BCUT2D eigenvalue weighted by atomic mass is 16.4. The fourth-order valence-corrected chi connectivity index (χ4v) is 1.28. The van der Waals surface area contributed by atoms with E-state index in [0.29, 0.717) is 5.56 Å². The van der Waals surface area contributed by atoms with Crippen LogP contribution < -0.4 is 0 Å². The van der Waals surface area contributed by atoms with Crippen molar-refractivity contribution >= 4 is 11.8 Å². The van der Waals surface area contributed by atoms with E-state index in [-0.39, 0.29) is 18.6 Å². The Bertz CT molecular complexity index is 394. The SMILES string of the molecule is Cc1ccc(C(=O)CCC(=O)O)cc1C. The van der Waals surface area contributed by atoms with E-state index in [0.717, 1.165) is 11.1 Å². The van der Waals surface area contributed by atoms with Crippen LogP contribution in [0.25, 0.3) is 0 Å². The zero-order valence-electron chi connectivity index (χ0n) is 8.91. The van der Waals surface area contributed by atoms with E-state index in [4.69, 9.17) is 5.11 Å². The van der Waals surface area contributed by atoms with Gasteiger partial charge in [-0.05, 0) is 31.0 Å². The number of rotatable bonds is 4.